The molecule has 69 heavy (non-hydrogen) atoms. The first-order chi connectivity index (χ1) is 33.1. The second-order valence-corrected chi connectivity index (χ2v) is 23.0. The van der Waals surface area contributed by atoms with Crippen LogP contribution in [0.2, 0.25) is 0 Å². The molecule has 1 amide bonds. The number of nitrogen functional groups attached to an aromatic ring is 1. The lowest BCUT2D eigenvalue weighted by Gasteiger charge is -2.29. The normalized spacial score (nSPS) is 15.1. The van der Waals surface area contributed by atoms with Crippen molar-refractivity contribution in [2.45, 2.75) is 67.2 Å². The number of carbonyl (C=O) groups is 1. The Morgan fingerprint density at radius 2 is 1.10 bits per heavy atom. The van der Waals surface area contributed by atoms with Crippen molar-refractivity contribution in [1.82, 2.24) is 37.7 Å². The standard InChI is InChI=1S/C25H24FN5O3S2.C23H22FN5O2S2/c1-16(18-6-8-20(26)9-7-18)31-15-27-12-23(31)22-5-3-4-19-14-30(11-10-21(19)22)36(33,34)24-13-28-25(35-24)29-17(2)32;1-15(16-5-7-18(24)8-6-16)29-14-26-11-21(29)20-4-2-3-17-13-28(10-9-19(17)20)33(30,31)22-12-27-23(25)32-22/h3-9,12-13,15-16H,10-11,14H2,1-2H3,(H,28,29,32);2-8,11-12,14-15H,9-10,13H2,1H3,(H2,25,27)/t16-;15-/m11/s1. The molecule has 0 unspecified atom stereocenters. The maximum Gasteiger partial charge on any atom is 0.254 e. The Bertz CT molecular complexity index is 3390. The Balaban J connectivity index is 0.000000172. The molecule has 2 atom stereocenters. The van der Waals surface area contributed by atoms with Crippen molar-refractivity contribution in [2.24, 2.45) is 0 Å². The minimum absolute atomic E-state index is 0.0452. The number of nitrogens with one attached hydrogen (secondary N) is 1. The van der Waals surface area contributed by atoms with Gasteiger partial charge in [-0.15, -0.1) is 0 Å². The highest BCUT2D eigenvalue weighted by Gasteiger charge is 2.33. The monoisotopic (exact) mass is 1010 g/mol. The fourth-order valence-electron chi connectivity index (χ4n) is 8.74. The smallest absolute Gasteiger partial charge is 0.254 e. The molecule has 3 N–H and O–H groups in total. The van der Waals surface area contributed by atoms with E-state index in [0.29, 0.717) is 25.9 Å². The first kappa shape index (κ1) is 47.6. The molecule has 4 aromatic heterocycles. The SMILES string of the molecule is CC(=O)Nc1ncc(S(=O)(=O)N2CCc3c(cccc3-c3cncn3[C@H](C)c3ccc(F)cc3)C2)s1.C[C@H](c1ccc(F)cc1)n1cncc1-c1cccc2c1CCN(S(=O)(=O)c1cnc(N)s1)C2. The molecule has 0 radical (unpaired) electrons. The van der Waals surface area contributed by atoms with Crippen molar-refractivity contribution < 1.29 is 30.4 Å². The van der Waals surface area contributed by atoms with Gasteiger partial charge in [-0.05, 0) is 84.3 Å². The molecule has 0 fully saturated rings. The van der Waals surface area contributed by atoms with Gasteiger partial charge >= 0.3 is 0 Å². The Morgan fingerprint density at radius 1 is 0.652 bits per heavy atom. The molecule has 0 spiro atoms. The molecule has 0 saturated heterocycles. The van der Waals surface area contributed by atoms with E-state index in [2.05, 4.69) is 29.8 Å². The van der Waals surface area contributed by atoms with Crippen LogP contribution in [0.4, 0.5) is 19.0 Å². The van der Waals surface area contributed by atoms with Gasteiger partial charge in [-0.2, -0.15) is 8.61 Å². The molecule has 15 nitrogen and oxygen atoms in total. The van der Waals surface area contributed by atoms with Crippen molar-refractivity contribution in [3.8, 4) is 22.5 Å². The first-order valence-corrected chi connectivity index (χ1v) is 26.3. The summed E-state index contributed by atoms with van der Waals surface area (Å²) in [7, 11) is -7.41. The molecular formula is C48H46F2N10O5S4. The fourth-order valence-corrected chi connectivity index (χ4v) is 13.9. The van der Waals surface area contributed by atoms with Crippen LogP contribution in [0.15, 0.2) is 131 Å². The zero-order valence-corrected chi connectivity index (χ0v) is 40.8. The maximum atomic E-state index is 13.4. The van der Waals surface area contributed by atoms with Crippen LogP contribution in [0.5, 0.6) is 0 Å². The summed E-state index contributed by atoms with van der Waals surface area (Å²) < 4.78 is 86.7. The number of carbonyl (C=O) groups excluding carboxylic acids is 1. The van der Waals surface area contributed by atoms with Crippen molar-refractivity contribution in [1.29, 1.82) is 0 Å². The van der Waals surface area contributed by atoms with Gasteiger partial charge in [-0.25, -0.2) is 45.6 Å². The summed E-state index contributed by atoms with van der Waals surface area (Å²) in [5, 5.41) is 3.01. The fraction of sp³-hybridized carbons (Fsp3) is 0.229. The second-order valence-electron chi connectivity index (χ2n) is 16.6. The second kappa shape index (κ2) is 19.5. The summed E-state index contributed by atoms with van der Waals surface area (Å²) in [4.78, 5) is 27.9. The van der Waals surface area contributed by atoms with E-state index >= 15 is 0 Å². The van der Waals surface area contributed by atoms with Crippen molar-refractivity contribution in [3.63, 3.8) is 0 Å². The Kier molecular flexibility index (Phi) is 13.4. The Morgan fingerprint density at radius 3 is 1.54 bits per heavy atom. The molecular weight excluding hydrogens is 963 g/mol. The van der Waals surface area contributed by atoms with Gasteiger partial charge in [0.25, 0.3) is 20.0 Å². The van der Waals surface area contributed by atoms with E-state index in [1.807, 2.05) is 61.0 Å². The third kappa shape index (κ3) is 9.75. The van der Waals surface area contributed by atoms with Crippen molar-refractivity contribution >= 4 is 58.9 Å². The molecule has 356 valence electrons. The Labute approximate surface area is 406 Å². The van der Waals surface area contributed by atoms with Crippen LogP contribution in [0.25, 0.3) is 22.5 Å². The minimum atomic E-state index is -3.76. The van der Waals surface area contributed by atoms with Crippen LogP contribution in [0, 0.1) is 11.6 Å². The highest BCUT2D eigenvalue weighted by Crippen LogP contribution is 2.37. The number of sulfonamides is 2. The van der Waals surface area contributed by atoms with Gasteiger partial charge in [-0.1, -0.05) is 83.3 Å². The van der Waals surface area contributed by atoms with Crippen LogP contribution in [0.3, 0.4) is 0 Å². The number of hydrogen-bond acceptors (Lipinski definition) is 12. The molecule has 0 saturated carbocycles. The van der Waals surface area contributed by atoms with E-state index in [9.17, 15) is 30.4 Å². The van der Waals surface area contributed by atoms with E-state index in [0.717, 1.165) is 78.6 Å². The molecule has 6 heterocycles. The Hall–Kier alpha value is -6.49. The number of rotatable bonds is 11. The molecule has 8 aromatic rings. The highest BCUT2D eigenvalue weighted by molar-refractivity contribution is 7.91. The average Bonchev–Trinajstić information content (AvgIpc) is 4.20. The lowest BCUT2D eigenvalue weighted by atomic mass is 9.93. The number of nitrogens with two attached hydrogens (primary N) is 1. The summed E-state index contributed by atoms with van der Waals surface area (Å²) in [5.41, 5.74) is 15.5. The van der Waals surface area contributed by atoms with Crippen LogP contribution < -0.4 is 11.1 Å². The summed E-state index contributed by atoms with van der Waals surface area (Å²) in [5.74, 6) is -0.853. The van der Waals surface area contributed by atoms with E-state index in [1.54, 1.807) is 43.1 Å². The minimum Gasteiger partial charge on any atom is -0.375 e. The van der Waals surface area contributed by atoms with E-state index < -0.39 is 20.0 Å². The van der Waals surface area contributed by atoms with E-state index in [4.69, 9.17) is 5.73 Å². The first-order valence-electron chi connectivity index (χ1n) is 21.8. The molecule has 0 bridgehead atoms. The lowest BCUT2D eigenvalue weighted by Crippen LogP contribution is -2.35. The van der Waals surface area contributed by atoms with Crippen molar-refractivity contribution in [2.75, 3.05) is 24.1 Å². The molecule has 4 aromatic carbocycles. The van der Waals surface area contributed by atoms with Crippen molar-refractivity contribution in [3.05, 3.63) is 167 Å². The largest absolute Gasteiger partial charge is 0.375 e. The predicted octanol–water partition coefficient (Wildman–Crippen LogP) is 8.54. The van der Waals surface area contributed by atoms with Gasteiger partial charge in [0.2, 0.25) is 5.91 Å². The van der Waals surface area contributed by atoms with Crippen LogP contribution in [-0.2, 0) is 50.8 Å². The van der Waals surface area contributed by atoms with Gasteiger partial charge in [0.15, 0.2) is 18.7 Å². The van der Waals surface area contributed by atoms with Crippen LogP contribution in [0.1, 0.15) is 66.2 Å². The summed E-state index contributed by atoms with van der Waals surface area (Å²) in [6, 6.07) is 24.6. The van der Waals surface area contributed by atoms with E-state index in [-0.39, 0.29) is 61.4 Å². The number of hydrogen-bond donors (Lipinski definition) is 2. The van der Waals surface area contributed by atoms with Gasteiger partial charge in [0, 0.05) is 44.2 Å². The maximum absolute atomic E-state index is 13.4. The third-order valence-electron chi connectivity index (χ3n) is 12.3. The number of aromatic nitrogens is 6. The van der Waals surface area contributed by atoms with Gasteiger partial charge in [0.05, 0.1) is 60.9 Å². The number of halogens is 2. The average molecular weight is 1010 g/mol. The zero-order chi connectivity index (χ0) is 48.6. The van der Waals surface area contributed by atoms with Crippen LogP contribution in [-0.4, -0.2) is 73.5 Å². The summed E-state index contributed by atoms with van der Waals surface area (Å²) in [6.45, 7) is 6.63. The van der Waals surface area contributed by atoms with Gasteiger partial charge in [-0.3, -0.25) is 4.79 Å². The number of benzene rings is 4. The molecule has 21 heteroatoms. The third-order valence-corrected chi connectivity index (χ3v) is 18.6. The lowest BCUT2D eigenvalue weighted by molar-refractivity contribution is -0.114. The number of fused-ring (bicyclic) bond motifs is 2. The number of anilines is 2. The molecule has 2 aliphatic rings. The number of amides is 1. The molecule has 10 rings (SSSR count). The van der Waals surface area contributed by atoms with Crippen LogP contribution >= 0.6 is 22.7 Å². The quantitative estimate of drug-likeness (QED) is 0.127. The molecule has 0 aliphatic carbocycles. The topological polar surface area (TPSA) is 191 Å². The summed E-state index contributed by atoms with van der Waals surface area (Å²) >= 11 is 1.92. The number of nitrogens with zero attached hydrogens (tertiary/aromatic N) is 8. The number of imidazole rings is 2. The summed E-state index contributed by atoms with van der Waals surface area (Å²) in [6.07, 6.45) is 10.9. The van der Waals surface area contributed by atoms with Gasteiger partial charge < -0.3 is 20.2 Å². The van der Waals surface area contributed by atoms with Gasteiger partial charge in [0.1, 0.15) is 11.6 Å². The number of thiazole rings is 2. The zero-order valence-electron chi connectivity index (χ0n) is 37.5. The van der Waals surface area contributed by atoms with E-state index in [1.165, 1.54) is 52.2 Å². The predicted molar refractivity (Wildman–Crippen MR) is 261 cm³/mol. The molecule has 2 aliphatic heterocycles. The highest BCUT2D eigenvalue weighted by atomic mass is 32.3.